The highest BCUT2D eigenvalue weighted by Crippen LogP contribution is 2.33. The summed E-state index contributed by atoms with van der Waals surface area (Å²) < 4.78 is 49.9. The van der Waals surface area contributed by atoms with Gasteiger partial charge >= 0.3 is 6.18 Å². The molecule has 2 fully saturated rings. The molecule has 0 radical (unpaired) electrons. The molecule has 1 saturated heterocycles. The molecule has 9 heteroatoms. The van der Waals surface area contributed by atoms with E-state index in [0.717, 1.165) is 50.0 Å². The molecular formula is C26H38F3N3O3. The van der Waals surface area contributed by atoms with Crippen molar-refractivity contribution >= 4 is 11.5 Å². The number of nitrogens with zero attached hydrogens (tertiary/aromatic N) is 2. The highest BCUT2D eigenvalue weighted by atomic mass is 19.4. The Kier molecular flexibility index (Phi) is 10.1. The number of hydrogen-bond acceptors (Lipinski definition) is 5. The van der Waals surface area contributed by atoms with Gasteiger partial charge in [0.1, 0.15) is 0 Å². The third-order valence-corrected chi connectivity index (χ3v) is 6.78. The maximum absolute atomic E-state index is 13.0. The summed E-state index contributed by atoms with van der Waals surface area (Å²) >= 11 is 0. The average Bonchev–Trinajstić information content (AvgIpc) is 3.32. The van der Waals surface area contributed by atoms with Crippen LogP contribution in [0.5, 0.6) is 0 Å². The molecule has 3 aliphatic rings. The van der Waals surface area contributed by atoms with Gasteiger partial charge < -0.3 is 19.7 Å². The number of nitrogens with one attached hydrogen (secondary N) is 1. The molecule has 1 N–H and O–H groups in total. The van der Waals surface area contributed by atoms with E-state index in [4.69, 9.17) is 9.47 Å². The first kappa shape index (κ1) is 27.6. The maximum atomic E-state index is 13.0. The van der Waals surface area contributed by atoms with E-state index in [0.29, 0.717) is 31.8 Å². The molecule has 1 amide bonds. The minimum Gasteiger partial charge on any atom is -0.379 e. The van der Waals surface area contributed by atoms with E-state index in [1.165, 1.54) is 12.6 Å². The first-order valence-electron chi connectivity index (χ1n) is 12.6. The van der Waals surface area contributed by atoms with E-state index in [2.05, 4.69) is 24.1 Å². The fraction of sp³-hybridized carbons (Fsp3) is 0.692. The summed E-state index contributed by atoms with van der Waals surface area (Å²) in [7, 11) is 1.70. The zero-order valence-electron chi connectivity index (χ0n) is 20.9. The zero-order valence-corrected chi connectivity index (χ0v) is 20.9. The highest BCUT2D eigenvalue weighted by Gasteiger charge is 2.36. The van der Waals surface area contributed by atoms with Crippen molar-refractivity contribution in [3.05, 3.63) is 35.7 Å². The van der Waals surface area contributed by atoms with Gasteiger partial charge in [-0.15, -0.1) is 0 Å². The molecule has 1 aromatic rings. The summed E-state index contributed by atoms with van der Waals surface area (Å²) in [6.07, 6.45) is 3.92. The molecule has 0 aromatic carbocycles. The Balaban J connectivity index is 0.00000108. The molecule has 1 aliphatic carbocycles. The number of pyridine rings is 1. The van der Waals surface area contributed by atoms with Gasteiger partial charge in [0, 0.05) is 51.0 Å². The Hall–Kier alpha value is -1.97. The van der Waals surface area contributed by atoms with Gasteiger partial charge in [-0.2, -0.15) is 13.2 Å². The van der Waals surface area contributed by atoms with Crippen LogP contribution in [0.25, 0.3) is 5.57 Å². The summed E-state index contributed by atoms with van der Waals surface area (Å²) in [5, 5.41) is 3.66. The van der Waals surface area contributed by atoms with Crippen LogP contribution in [0, 0.1) is 5.92 Å². The number of aromatic nitrogens is 1. The number of rotatable bonds is 5. The Morgan fingerprint density at radius 2 is 2.06 bits per heavy atom. The summed E-state index contributed by atoms with van der Waals surface area (Å²) in [4.78, 5) is 19.0. The Bertz CT molecular complexity index is 862. The molecule has 1 saturated carbocycles. The smallest absolute Gasteiger partial charge is 0.379 e. The monoisotopic (exact) mass is 497 g/mol. The van der Waals surface area contributed by atoms with Gasteiger partial charge in [0.15, 0.2) is 0 Å². The van der Waals surface area contributed by atoms with Crippen molar-refractivity contribution in [2.24, 2.45) is 5.92 Å². The number of amides is 1. The van der Waals surface area contributed by atoms with E-state index in [1.807, 2.05) is 11.0 Å². The van der Waals surface area contributed by atoms with Crippen LogP contribution in [0.3, 0.4) is 0 Å². The topological polar surface area (TPSA) is 63.7 Å². The predicted octanol–water partition coefficient (Wildman–Crippen LogP) is 4.69. The van der Waals surface area contributed by atoms with Crippen LogP contribution in [0.1, 0.15) is 63.6 Å². The molecule has 2 aliphatic heterocycles. The summed E-state index contributed by atoms with van der Waals surface area (Å²) in [5.41, 5.74) is 0.393. The summed E-state index contributed by atoms with van der Waals surface area (Å²) in [5.74, 6) is 0.117. The minimum atomic E-state index is -4.39. The largest absolute Gasteiger partial charge is 0.416 e. The Morgan fingerprint density at radius 3 is 2.71 bits per heavy atom. The number of halogens is 3. The van der Waals surface area contributed by atoms with Crippen LogP contribution >= 0.6 is 0 Å². The molecule has 35 heavy (non-hydrogen) atoms. The highest BCUT2D eigenvalue weighted by molar-refractivity contribution is 5.80. The number of carbonyl (C=O) groups is 1. The van der Waals surface area contributed by atoms with Crippen LogP contribution in [0.4, 0.5) is 13.2 Å². The van der Waals surface area contributed by atoms with Gasteiger partial charge in [-0.25, -0.2) is 0 Å². The molecule has 196 valence electrons. The van der Waals surface area contributed by atoms with Crippen LogP contribution in [0.15, 0.2) is 24.4 Å². The van der Waals surface area contributed by atoms with Crippen molar-refractivity contribution < 1.29 is 27.4 Å². The second kappa shape index (κ2) is 12.8. The number of alkyl halides is 3. The molecule has 4 rings (SSSR count). The quantitative estimate of drug-likeness (QED) is 0.639. The zero-order chi connectivity index (χ0) is 25.4. The normalized spacial score (nSPS) is 27.1. The number of ether oxygens (including phenoxy) is 2. The molecule has 0 bridgehead atoms. The third-order valence-electron chi connectivity index (χ3n) is 6.78. The van der Waals surface area contributed by atoms with E-state index in [1.54, 1.807) is 7.11 Å². The van der Waals surface area contributed by atoms with E-state index in [-0.39, 0.29) is 30.0 Å². The van der Waals surface area contributed by atoms with Gasteiger partial charge in [-0.3, -0.25) is 9.78 Å². The van der Waals surface area contributed by atoms with Gasteiger partial charge in [-0.1, -0.05) is 26.3 Å². The first-order chi connectivity index (χ1) is 16.8. The van der Waals surface area contributed by atoms with Crippen molar-refractivity contribution in [3.63, 3.8) is 0 Å². The lowest BCUT2D eigenvalue weighted by Gasteiger charge is -2.33. The van der Waals surface area contributed by atoms with Crippen LogP contribution in [0.2, 0.25) is 0 Å². The molecule has 0 spiro atoms. The fourth-order valence-corrected chi connectivity index (χ4v) is 4.94. The predicted molar refractivity (Wildman–Crippen MR) is 129 cm³/mol. The Labute approximate surface area is 206 Å². The first-order valence-corrected chi connectivity index (χ1v) is 12.6. The average molecular weight is 498 g/mol. The minimum absolute atomic E-state index is 0.0185. The lowest BCUT2D eigenvalue weighted by atomic mass is 10.00. The molecule has 1 aromatic heterocycles. The second-order valence-electron chi connectivity index (χ2n) is 9.52. The van der Waals surface area contributed by atoms with Crippen molar-refractivity contribution in [1.29, 1.82) is 0 Å². The van der Waals surface area contributed by atoms with Gasteiger partial charge in [0.25, 0.3) is 0 Å². The SMILES string of the molecule is CCC.COC1COCCC1NC1CCC(C(=O)N2CC=C(c3cc(C(F)(F)F)ccn3)CC2)C1. The Morgan fingerprint density at radius 1 is 1.29 bits per heavy atom. The second-order valence-corrected chi connectivity index (χ2v) is 9.52. The van der Waals surface area contributed by atoms with E-state index < -0.39 is 11.7 Å². The molecule has 6 nitrogen and oxygen atoms in total. The van der Waals surface area contributed by atoms with Crippen LogP contribution < -0.4 is 5.32 Å². The summed E-state index contributed by atoms with van der Waals surface area (Å²) in [6.45, 7) is 6.47. The van der Waals surface area contributed by atoms with Crippen molar-refractivity contribution in [2.45, 2.75) is 76.7 Å². The molecule has 4 unspecified atom stereocenters. The fourth-order valence-electron chi connectivity index (χ4n) is 4.94. The number of methoxy groups -OCH3 is 1. The van der Waals surface area contributed by atoms with E-state index in [9.17, 15) is 18.0 Å². The van der Waals surface area contributed by atoms with Crippen molar-refractivity contribution in [2.75, 3.05) is 33.4 Å². The van der Waals surface area contributed by atoms with Crippen molar-refractivity contribution in [3.8, 4) is 0 Å². The summed E-state index contributed by atoms with van der Waals surface area (Å²) in [6, 6.07) is 2.59. The van der Waals surface area contributed by atoms with Gasteiger partial charge in [-0.05, 0) is 49.8 Å². The maximum Gasteiger partial charge on any atom is 0.416 e. The number of hydrogen-bond donors (Lipinski definition) is 1. The van der Waals surface area contributed by atoms with Crippen LogP contribution in [-0.2, 0) is 20.4 Å². The lowest BCUT2D eigenvalue weighted by molar-refractivity contribution is -0.137. The molecule has 4 atom stereocenters. The number of carbonyl (C=O) groups excluding carboxylic acids is 1. The lowest BCUT2D eigenvalue weighted by Crippen LogP contribution is -2.50. The van der Waals surface area contributed by atoms with E-state index >= 15 is 0 Å². The van der Waals surface area contributed by atoms with Gasteiger partial charge in [0.05, 0.1) is 24.0 Å². The third kappa shape index (κ3) is 7.51. The van der Waals surface area contributed by atoms with Crippen molar-refractivity contribution in [1.82, 2.24) is 15.2 Å². The van der Waals surface area contributed by atoms with Gasteiger partial charge in [0.2, 0.25) is 5.91 Å². The standard InChI is InChI=1S/C23H30F3N3O3.C3H8/c1-31-21-14-32-11-7-19(21)28-18-3-2-16(12-18)22(30)29-9-5-15(6-10-29)20-13-17(4-8-27-20)23(24,25)26;1-3-2/h4-5,8,13,16,18-19,21,28H,2-3,6-7,9-12,14H2,1H3;3H2,1-2H3. The molecule has 3 heterocycles. The molecular weight excluding hydrogens is 459 g/mol. The van der Waals surface area contributed by atoms with Crippen LogP contribution in [-0.4, -0.2) is 67.4 Å².